The van der Waals surface area contributed by atoms with Gasteiger partial charge in [-0.15, -0.1) is 0 Å². The third kappa shape index (κ3) is 3.00. The number of aliphatic hydroxyl groups excluding tert-OH is 3. The minimum atomic E-state index is -1.76. The Balaban J connectivity index is 1.81. The van der Waals surface area contributed by atoms with Crippen molar-refractivity contribution in [3.8, 4) is 5.75 Å². The minimum Gasteiger partial charge on any atom is -0.479 e. The van der Waals surface area contributed by atoms with Crippen molar-refractivity contribution in [2.75, 3.05) is 0 Å². The molecule has 140 valence electrons. The molecule has 0 amide bonds. The summed E-state index contributed by atoms with van der Waals surface area (Å²) in [5, 5.41) is 42.6. The predicted molar refractivity (Wildman–Crippen MR) is 96.4 cm³/mol. The lowest BCUT2D eigenvalue weighted by molar-refractivity contribution is -0.270. The molecule has 1 aliphatic rings. The summed E-state index contributed by atoms with van der Waals surface area (Å²) < 4.78 is 11.1. The Labute approximate surface area is 154 Å². The molecule has 4 N–H and O–H groups in total. The number of carbonyl (C=O) groups is 1. The standard InChI is InChI=1S/C20H18O7/c21-14-15(22)18(19(24)25)27-20(16(14)23)26-17-12-7-3-1-5-10(12)9-11-6-2-4-8-13(11)17/h1-9,14-16,18,20-23H,(H,24,25)/t14-,15-,16+,18-,20?/m0/s1. The van der Waals surface area contributed by atoms with E-state index in [2.05, 4.69) is 0 Å². The van der Waals surface area contributed by atoms with E-state index < -0.39 is 36.7 Å². The normalized spacial score (nSPS) is 28.3. The lowest BCUT2D eigenvalue weighted by atomic mass is 9.98. The number of ether oxygens (including phenoxy) is 2. The number of carboxylic acids is 1. The van der Waals surface area contributed by atoms with Gasteiger partial charge in [-0.2, -0.15) is 0 Å². The van der Waals surface area contributed by atoms with E-state index in [1.54, 1.807) is 0 Å². The monoisotopic (exact) mass is 370 g/mol. The van der Waals surface area contributed by atoms with Crippen molar-refractivity contribution in [3.05, 3.63) is 54.6 Å². The van der Waals surface area contributed by atoms with Gasteiger partial charge < -0.3 is 29.9 Å². The van der Waals surface area contributed by atoms with Crippen LogP contribution in [0.5, 0.6) is 5.75 Å². The summed E-state index contributed by atoms with van der Waals surface area (Å²) in [6.07, 6.45) is -8.27. The van der Waals surface area contributed by atoms with E-state index in [9.17, 15) is 25.2 Å². The third-order valence-electron chi connectivity index (χ3n) is 4.77. The summed E-state index contributed by atoms with van der Waals surface area (Å²) in [5.41, 5.74) is 0. The van der Waals surface area contributed by atoms with Crippen molar-refractivity contribution in [2.24, 2.45) is 0 Å². The van der Waals surface area contributed by atoms with Crippen LogP contribution in [0.15, 0.2) is 54.6 Å². The Bertz CT molecular complexity index is 948. The van der Waals surface area contributed by atoms with Crippen LogP contribution in [0.2, 0.25) is 0 Å². The smallest absolute Gasteiger partial charge is 0.335 e. The first-order valence-corrected chi connectivity index (χ1v) is 8.47. The Morgan fingerprint density at radius 2 is 1.41 bits per heavy atom. The first-order valence-electron chi connectivity index (χ1n) is 8.47. The lowest BCUT2D eigenvalue weighted by Gasteiger charge is -2.38. The molecule has 3 aromatic rings. The van der Waals surface area contributed by atoms with Crippen molar-refractivity contribution in [2.45, 2.75) is 30.7 Å². The van der Waals surface area contributed by atoms with Gasteiger partial charge in [0.1, 0.15) is 24.1 Å². The second-order valence-electron chi connectivity index (χ2n) is 6.50. The zero-order valence-corrected chi connectivity index (χ0v) is 14.1. The predicted octanol–water partition coefficient (Wildman–Crippen LogP) is 1.26. The van der Waals surface area contributed by atoms with Crippen LogP contribution in [0.1, 0.15) is 0 Å². The van der Waals surface area contributed by atoms with Crippen molar-refractivity contribution in [1.29, 1.82) is 0 Å². The van der Waals surface area contributed by atoms with E-state index in [1.165, 1.54) is 0 Å². The number of aliphatic carboxylic acids is 1. The van der Waals surface area contributed by atoms with Gasteiger partial charge in [0.2, 0.25) is 6.29 Å². The Morgan fingerprint density at radius 3 is 1.96 bits per heavy atom. The Morgan fingerprint density at radius 1 is 0.852 bits per heavy atom. The SMILES string of the molecule is O=C(O)[C@H]1OC(Oc2c3ccccc3cc3ccccc23)[C@H](O)[C@@H](O)[C@@H]1O. The molecule has 1 heterocycles. The highest BCUT2D eigenvalue weighted by Gasteiger charge is 2.48. The van der Waals surface area contributed by atoms with Gasteiger partial charge in [-0.3, -0.25) is 0 Å². The Kier molecular flexibility index (Phi) is 4.45. The Hall–Kier alpha value is -2.71. The van der Waals surface area contributed by atoms with Gasteiger partial charge >= 0.3 is 5.97 Å². The number of fused-ring (bicyclic) bond motifs is 2. The highest BCUT2D eigenvalue weighted by molar-refractivity contribution is 6.05. The summed E-state index contributed by atoms with van der Waals surface area (Å²) >= 11 is 0. The summed E-state index contributed by atoms with van der Waals surface area (Å²) in [6, 6.07) is 16.9. The van der Waals surface area contributed by atoms with Crippen molar-refractivity contribution >= 4 is 27.5 Å². The highest BCUT2D eigenvalue weighted by atomic mass is 16.7. The van der Waals surface area contributed by atoms with Crippen LogP contribution in [-0.2, 0) is 9.53 Å². The topological polar surface area (TPSA) is 116 Å². The van der Waals surface area contributed by atoms with Gasteiger partial charge in [0, 0.05) is 10.8 Å². The molecule has 0 saturated carbocycles. The largest absolute Gasteiger partial charge is 0.479 e. The summed E-state index contributed by atoms with van der Waals surface area (Å²) in [4.78, 5) is 11.3. The van der Waals surface area contributed by atoms with Gasteiger partial charge in [-0.1, -0.05) is 48.5 Å². The van der Waals surface area contributed by atoms with Gasteiger partial charge in [0.25, 0.3) is 0 Å². The van der Waals surface area contributed by atoms with Crippen LogP contribution in [0.3, 0.4) is 0 Å². The molecule has 0 aromatic heterocycles. The quantitative estimate of drug-likeness (QED) is 0.513. The zero-order valence-electron chi connectivity index (χ0n) is 14.1. The van der Waals surface area contributed by atoms with E-state index in [1.807, 2.05) is 54.6 Å². The number of hydrogen-bond acceptors (Lipinski definition) is 6. The van der Waals surface area contributed by atoms with Crippen molar-refractivity contribution in [3.63, 3.8) is 0 Å². The first kappa shape index (κ1) is 17.7. The number of carboxylic acid groups (broad SMARTS) is 1. The van der Waals surface area contributed by atoms with Crippen LogP contribution in [-0.4, -0.2) is 57.1 Å². The number of rotatable bonds is 3. The molecule has 0 spiro atoms. The molecule has 1 saturated heterocycles. The molecule has 1 aliphatic heterocycles. The third-order valence-corrected chi connectivity index (χ3v) is 4.77. The number of aliphatic hydroxyl groups is 3. The van der Waals surface area contributed by atoms with E-state index >= 15 is 0 Å². The van der Waals surface area contributed by atoms with Crippen LogP contribution in [0, 0.1) is 0 Å². The molecule has 5 atom stereocenters. The van der Waals surface area contributed by atoms with Crippen LogP contribution in [0.25, 0.3) is 21.5 Å². The van der Waals surface area contributed by atoms with E-state index in [-0.39, 0.29) is 0 Å². The molecule has 0 aliphatic carbocycles. The fraction of sp³-hybridized carbons (Fsp3) is 0.250. The van der Waals surface area contributed by atoms with Crippen LogP contribution < -0.4 is 4.74 Å². The van der Waals surface area contributed by atoms with Gasteiger partial charge in [0.15, 0.2) is 6.10 Å². The zero-order chi connectivity index (χ0) is 19.1. The fourth-order valence-corrected chi connectivity index (χ4v) is 3.36. The molecule has 7 nitrogen and oxygen atoms in total. The average Bonchev–Trinajstić information content (AvgIpc) is 2.67. The van der Waals surface area contributed by atoms with Gasteiger partial charge in [-0.25, -0.2) is 4.79 Å². The maximum atomic E-state index is 11.3. The molecule has 3 aromatic carbocycles. The number of benzene rings is 3. The van der Waals surface area contributed by atoms with E-state index in [0.717, 1.165) is 21.5 Å². The van der Waals surface area contributed by atoms with Gasteiger partial charge in [0.05, 0.1) is 0 Å². The molecule has 0 bridgehead atoms. The molecular formula is C20H18O7. The molecule has 1 fully saturated rings. The first-order chi connectivity index (χ1) is 13.0. The second kappa shape index (κ2) is 6.79. The molecule has 4 rings (SSSR count). The van der Waals surface area contributed by atoms with E-state index in [0.29, 0.717) is 5.75 Å². The average molecular weight is 370 g/mol. The van der Waals surface area contributed by atoms with Gasteiger partial charge in [-0.05, 0) is 16.8 Å². The lowest BCUT2D eigenvalue weighted by Crippen LogP contribution is -2.61. The summed E-state index contributed by atoms with van der Waals surface area (Å²) in [5.74, 6) is -1.05. The molecule has 1 unspecified atom stereocenters. The van der Waals surface area contributed by atoms with Crippen molar-refractivity contribution < 1.29 is 34.7 Å². The second-order valence-corrected chi connectivity index (χ2v) is 6.50. The van der Waals surface area contributed by atoms with Crippen molar-refractivity contribution in [1.82, 2.24) is 0 Å². The van der Waals surface area contributed by atoms with E-state index in [4.69, 9.17) is 9.47 Å². The van der Waals surface area contributed by atoms with Crippen LogP contribution >= 0.6 is 0 Å². The van der Waals surface area contributed by atoms with Crippen LogP contribution in [0.4, 0.5) is 0 Å². The number of hydrogen-bond donors (Lipinski definition) is 4. The maximum Gasteiger partial charge on any atom is 0.335 e. The molecule has 7 heteroatoms. The molecule has 0 radical (unpaired) electrons. The maximum absolute atomic E-state index is 11.3. The molecule has 27 heavy (non-hydrogen) atoms. The molecular weight excluding hydrogens is 352 g/mol. The summed E-state index contributed by atoms with van der Waals surface area (Å²) in [7, 11) is 0. The summed E-state index contributed by atoms with van der Waals surface area (Å²) in [6.45, 7) is 0. The minimum absolute atomic E-state index is 0.403. The highest BCUT2D eigenvalue weighted by Crippen LogP contribution is 2.37. The fourth-order valence-electron chi connectivity index (χ4n) is 3.36.